The molecule has 0 spiro atoms. The number of alkyl carbamates (subject to hydrolysis) is 1. The van der Waals surface area contributed by atoms with Crippen LogP contribution in [0.5, 0.6) is 0 Å². The molecule has 7 nitrogen and oxygen atoms in total. The highest BCUT2D eigenvalue weighted by Crippen LogP contribution is 2.33. The van der Waals surface area contributed by atoms with Gasteiger partial charge in [-0.1, -0.05) is 48.5 Å². The number of nitrogens with zero attached hydrogens (tertiary/aromatic N) is 1. The van der Waals surface area contributed by atoms with E-state index < -0.39 is 34.9 Å². The Balaban J connectivity index is 2.68. The maximum atomic E-state index is 14.6. The summed E-state index contributed by atoms with van der Waals surface area (Å²) >= 11 is 0. The average Bonchev–Trinajstić information content (AvgIpc) is 2.76. The van der Waals surface area contributed by atoms with Gasteiger partial charge in [0.1, 0.15) is 17.7 Å². The quantitative estimate of drug-likeness (QED) is 0.452. The molecular weight excluding hydrogens is 490 g/mol. The third-order valence-corrected chi connectivity index (χ3v) is 6.18. The Hall–Kier alpha value is -3.35. The van der Waals surface area contributed by atoms with Crippen molar-refractivity contribution in [3.8, 4) is 0 Å². The fourth-order valence-corrected chi connectivity index (χ4v) is 4.42. The summed E-state index contributed by atoms with van der Waals surface area (Å²) in [5.41, 5.74) is 1.57. The normalized spacial score (nSPS) is 13.7. The number of carbonyl (C=O) groups excluding carboxylic acids is 3. The highest BCUT2D eigenvalue weighted by atomic mass is 16.6. The molecule has 0 aromatic heterocycles. The number of rotatable bonds is 7. The summed E-state index contributed by atoms with van der Waals surface area (Å²) in [7, 11) is 0. The average molecular weight is 538 g/mol. The minimum atomic E-state index is -0.962. The zero-order valence-corrected chi connectivity index (χ0v) is 25.6. The van der Waals surface area contributed by atoms with Gasteiger partial charge in [0.25, 0.3) is 0 Å². The maximum absolute atomic E-state index is 14.6. The smallest absolute Gasteiger partial charge is 0.408 e. The van der Waals surface area contributed by atoms with Crippen LogP contribution in [0, 0.1) is 13.8 Å². The summed E-state index contributed by atoms with van der Waals surface area (Å²) in [5.74, 6) is -0.651. The fraction of sp³-hybridized carbons (Fsp3) is 0.531. The third kappa shape index (κ3) is 9.41. The van der Waals surface area contributed by atoms with Crippen LogP contribution in [0.1, 0.15) is 90.6 Å². The molecule has 0 fully saturated rings. The molecule has 3 amide bonds. The molecule has 0 saturated carbocycles. The maximum Gasteiger partial charge on any atom is 0.408 e. The van der Waals surface area contributed by atoms with Crippen molar-refractivity contribution < 1.29 is 19.1 Å². The predicted octanol–water partition coefficient (Wildman–Crippen LogP) is 6.02. The predicted molar refractivity (Wildman–Crippen MR) is 156 cm³/mol. The number of benzene rings is 2. The molecule has 2 N–H and O–H groups in total. The summed E-state index contributed by atoms with van der Waals surface area (Å²) < 4.78 is 5.51. The van der Waals surface area contributed by atoms with Crippen LogP contribution in [-0.4, -0.2) is 45.5 Å². The van der Waals surface area contributed by atoms with Crippen molar-refractivity contribution in [3.63, 3.8) is 0 Å². The second-order valence-electron chi connectivity index (χ2n) is 13.2. The summed E-state index contributed by atoms with van der Waals surface area (Å²) in [6.07, 6.45) is -0.445. The topological polar surface area (TPSA) is 87.7 Å². The van der Waals surface area contributed by atoms with Gasteiger partial charge in [0, 0.05) is 17.5 Å². The van der Waals surface area contributed by atoms with Gasteiger partial charge in [-0.15, -0.1) is 0 Å². The van der Waals surface area contributed by atoms with Gasteiger partial charge >= 0.3 is 6.09 Å². The summed E-state index contributed by atoms with van der Waals surface area (Å²) in [4.78, 5) is 43.1. The van der Waals surface area contributed by atoms with E-state index in [-0.39, 0.29) is 18.2 Å². The molecule has 2 unspecified atom stereocenters. The molecule has 214 valence electrons. The lowest BCUT2D eigenvalue weighted by Gasteiger charge is -2.44. The van der Waals surface area contributed by atoms with Crippen LogP contribution in [0.4, 0.5) is 4.79 Å². The van der Waals surface area contributed by atoms with Crippen LogP contribution in [0.15, 0.2) is 48.5 Å². The molecule has 2 aromatic rings. The number of aryl methyl sites for hydroxylation is 1. The second kappa shape index (κ2) is 12.2. The minimum absolute atomic E-state index is 0.242. The van der Waals surface area contributed by atoms with Crippen LogP contribution in [0.25, 0.3) is 0 Å². The molecule has 0 aliphatic heterocycles. The van der Waals surface area contributed by atoms with Gasteiger partial charge < -0.3 is 20.3 Å². The SMILES string of the molecule is Cc1cccc(C(C(=O)NC(C)(C)C)N(C(=O)C(Cc2ccccc2)NC(=O)OC(C)(C)C)C(C)(C)C)c1C. The van der Waals surface area contributed by atoms with E-state index in [0.717, 1.165) is 22.3 Å². The van der Waals surface area contributed by atoms with E-state index in [1.54, 1.807) is 25.7 Å². The first kappa shape index (κ1) is 31.9. The van der Waals surface area contributed by atoms with Gasteiger partial charge in [-0.2, -0.15) is 0 Å². The van der Waals surface area contributed by atoms with Crippen molar-refractivity contribution in [2.75, 3.05) is 0 Å². The standard InChI is InChI=1S/C32H47N3O4/c1-21-16-15-19-24(22(21)2)26(27(36)34-30(3,4)5)35(31(6,7)8)28(37)25(20-23-17-13-12-14-18-23)33-29(38)39-32(9,10)11/h12-19,25-26H,20H2,1-11H3,(H,33,38)(H,34,36). The Morgan fingerprint density at radius 3 is 1.95 bits per heavy atom. The zero-order valence-electron chi connectivity index (χ0n) is 25.6. The second-order valence-corrected chi connectivity index (χ2v) is 13.2. The van der Waals surface area contributed by atoms with E-state index in [1.165, 1.54) is 0 Å². The van der Waals surface area contributed by atoms with Crippen molar-refractivity contribution in [2.45, 2.75) is 111 Å². The Kier molecular flexibility index (Phi) is 9.99. The third-order valence-electron chi connectivity index (χ3n) is 6.18. The van der Waals surface area contributed by atoms with Gasteiger partial charge in [-0.3, -0.25) is 9.59 Å². The molecule has 7 heteroatoms. The molecular formula is C32H47N3O4. The summed E-state index contributed by atoms with van der Waals surface area (Å²) in [5, 5.41) is 5.90. The van der Waals surface area contributed by atoms with Crippen molar-refractivity contribution in [1.29, 1.82) is 0 Å². The number of amides is 3. The highest BCUT2D eigenvalue weighted by molar-refractivity contribution is 5.93. The van der Waals surface area contributed by atoms with E-state index in [1.807, 2.05) is 104 Å². The van der Waals surface area contributed by atoms with Gasteiger partial charge in [0.05, 0.1) is 0 Å². The molecule has 0 bridgehead atoms. The largest absolute Gasteiger partial charge is 0.444 e. The van der Waals surface area contributed by atoms with E-state index in [9.17, 15) is 14.4 Å². The van der Waals surface area contributed by atoms with Crippen LogP contribution in [0.2, 0.25) is 0 Å². The van der Waals surface area contributed by atoms with Crippen LogP contribution < -0.4 is 10.6 Å². The molecule has 2 rings (SSSR count). The molecule has 2 atom stereocenters. The van der Waals surface area contributed by atoms with Crippen molar-refractivity contribution in [3.05, 3.63) is 70.8 Å². The number of nitrogens with one attached hydrogen (secondary N) is 2. The lowest BCUT2D eigenvalue weighted by atomic mass is 9.90. The first-order valence-electron chi connectivity index (χ1n) is 13.5. The lowest BCUT2D eigenvalue weighted by molar-refractivity contribution is -0.149. The Labute approximate surface area is 234 Å². The van der Waals surface area contributed by atoms with Crippen molar-refractivity contribution >= 4 is 17.9 Å². The summed E-state index contributed by atoms with van der Waals surface area (Å²) in [6.45, 7) is 20.7. The summed E-state index contributed by atoms with van der Waals surface area (Å²) in [6, 6.07) is 13.4. The van der Waals surface area contributed by atoms with Gasteiger partial charge in [-0.05, 0) is 98.4 Å². The Morgan fingerprint density at radius 2 is 1.44 bits per heavy atom. The Bertz CT molecular complexity index is 1150. The number of carbonyl (C=O) groups is 3. The molecule has 0 aliphatic carbocycles. The lowest BCUT2D eigenvalue weighted by Crippen LogP contribution is -2.60. The molecule has 0 heterocycles. The first-order chi connectivity index (χ1) is 17.8. The van der Waals surface area contributed by atoms with Gasteiger partial charge in [0.15, 0.2) is 0 Å². The van der Waals surface area contributed by atoms with E-state index >= 15 is 0 Å². The van der Waals surface area contributed by atoms with E-state index in [0.29, 0.717) is 0 Å². The first-order valence-corrected chi connectivity index (χ1v) is 13.5. The van der Waals surface area contributed by atoms with Crippen molar-refractivity contribution in [2.24, 2.45) is 0 Å². The molecule has 0 aliphatic rings. The molecule has 2 aromatic carbocycles. The van der Waals surface area contributed by atoms with E-state index in [2.05, 4.69) is 10.6 Å². The Morgan fingerprint density at radius 1 is 0.846 bits per heavy atom. The molecule has 39 heavy (non-hydrogen) atoms. The van der Waals surface area contributed by atoms with E-state index in [4.69, 9.17) is 4.74 Å². The van der Waals surface area contributed by atoms with Crippen LogP contribution in [0.3, 0.4) is 0 Å². The number of ether oxygens (including phenoxy) is 1. The van der Waals surface area contributed by atoms with Gasteiger partial charge in [-0.25, -0.2) is 4.79 Å². The zero-order chi connectivity index (χ0) is 29.8. The number of hydrogen-bond acceptors (Lipinski definition) is 4. The van der Waals surface area contributed by atoms with Gasteiger partial charge in [0.2, 0.25) is 11.8 Å². The number of hydrogen-bond donors (Lipinski definition) is 2. The molecule has 0 saturated heterocycles. The molecule has 0 radical (unpaired) electrons. The van der Waals surface area contributed by atoms with Crippen molar-refractivity contribution in [1.82, 2.24) is 15.5 Å². The monoisotopic (exact) mass is 537 g/mol. The minimum Gasteiger partial charge on any atom is -0.444 e. The van der Waals surface area contributed by atoms with Crippen LogP contribution in [-0.2, 0) is 20.7 Å². The van der Waals surface area contributed by atoms with Crippen LogP contribution >= 0.6 is 0 Å². The fourth-order valence-electron chi connectivity index (χ4n) is 4.42. The highest BCUT2D eigenvalue weighted by Gasteiger charge is 2.43.